The standard InChI is InChI=1S/C12H13ClO3S/c13-8-1-2-11(10(7-8)12(14)15)17-9-3-5-16-6-4-9/h1-2,7,9H,3-6H2,(H,14,15). The summed E-state index contributed by atoms with van der Waals surface area (Å²) >= 11 is 7.42. The number of halogens is 1. The lowest BCUT2D eigenvalue weighted by atomic mass is 10.2. The van der Waals surface area contributed by atoms with Crippen molar-refractivity contribution in [2.45, 2.75) is 23.0 Å². The molecule has 0 radical (unpaired) electrons. The first kappa shape index (κ1) is 12.7. The average molecular weight is 273 g/mol. The minimum absolute atomic E-state index is 0.286. The van der Waals surface area contributed by atoms with Gasteiger partial charge in [-0.3, -0.25) is 0 Å². The first-order valence-electron chi connectivity index (χ1n) is 5.44. The highest BCUT2D eigenvalue weighted by molar-refractivity contribution is 8.00. The van der Waals surface area contributed by atoms with Gasteiger partial charge in [0.2, 0.25) is 0 Å². The summed E-state index contributed by atoms with van der Waals surface area (Å²) in [4.78, 5) is 11.9. The molecule has 1 fully saturated rings. The van der Waals surface area contributed by atoms with E-state index in [1.54, 1.807) is 23.9 Å². The molecular formula is C12H13ClO3S. The van der Waals surface area contributed by atoms with Gasteiger partial charge in [0, 0.05) is 28.4 Å². The van der Waals surface area contributed by atoms with E-state index in [-0.39, 0.29) is 5.56 Å². The number of thioether (sulfide) groups is 1. The molecule has 3 nitrogen and oxygen atoms in total. The highest BCUT2D eigenvalue weighted by Crippen LogP contribution is 2.33. The fraction of sp³-hybridized carbons (Fsp3) is 0.417. The first-order chi connectivity index (χ1) is 8.16. The lowest BCUT2D eigenvalue weighted by molar-refractivity contribution is 0.0693. The van der Waals surface area contributed by atoms with E-state index in [0.29, 0.717) is 10.3 Å². The van der Waals surface area contributed by atoms with Gasteiger partial charge in [0.15, 0.2) is 0 Å². The second-order valence-electron chi connectivity index (χ2n) is 3.88. The smallest absolute Gasteiger partial charge is 0.336 e. The number of carbonyl (C=O) groups is 1. The van der Waals surface area contributed by atoms with Crippen molar-refractivity contribution >= 4 is 29.3 Å². The Hall–Kier alpha value is -0.710. The van der Waals surface area contributed by atoms with E-state index in [2.05, 4.69) is 0 Å². The van der Waals surface area contributed by atoms with Crippen molar-refractivity contribution in [1.29, 1.82) is 0 Å². The van der Waals surface area contributed by atoms with E-state index >= 15 is 0 Å². The van der Waals surface area contributed by atoms with Crippen LogP contribution in [-0.4, -0.2) is 29.5 Å². The van der Waals surface area contributed by atoms with Gasteiger partial charge in [0.05, 0.1) is 5.56 Å². The molecule has 0 saturated carbocycles. The fourth-order valence-electron chi connectivity index (χ4n) is 1.75. The van der Waals surface area contributed by atoms with Crippen molar-refractivity contribution in [3.05, 3.63) is 28.8 Å². The number of benzene rings is 1. The molecule has 0 unspecified atom stereocenters. The maximum atomic E-state index is 11.1. The van der Waals surface area contributed by atoms with Crippen LogP contribution < -0.4 is 0 Å². The van der Waals surface area contributed by atoms with Crippen molar-refractivity contribution in [3.8, 4) is 0 Å². The fourth-order valence-corrected chi connectivity index (χ4v) is 3.12. The Balaban J connectivity index is 2.16. The Morgan fingerprint density at radius 1 is 1.41 bits per heavy atom. The minimum Gasteiger partial charge on any atom is -0.478 e. The van der Waals surface area contributed by atoms with Crippen LogP contribution in [0.1, 0.15) is 23.2 Å². The van der Waals surface area contributed by atoms with Crippen LogP contribution in [0.15, 0.2) is 23.1 Å². The van der Waals surface area contributed by atoms with E-state index in [4.69, 9.17) is 21.4 Å². The third-order valence-corrected chi connectivity index (χ3v) is 4.28. The van der Waals surface area contributed by atoms with Gasteiger partial charge in [-0.15, -0.1) is 11.8 Å². The predicted molar refractivity (Wildman–Crippen MR) is 68.1 cm³/mol. The van der Waals surface area contributed by atoms with Crippen LogP contribution in [0.2, 0.25) is 5.02 Å². The summed E-state index contributed by atoms with van der Waals surface area (Å²) in [7, 11) is 0. The molecule has 92 valence electrons. The zero-order chi connectivity index (χ0) is 12.3. The molecule has 1 aromatic carbocycles. The second-order valence-corrected chi connectivity index (χ2v) is 5.65. The molecule has 1 saturated heterocycles. The minimum atomic E-state index is -0.929. The molecule has 0 atom stereocenters. The third-order valence-electron chi connectivity index (χ3n) is 2.63. The van der Waals surface area contributed by atoms with Crippen molar-refractivity contribution in [3.63, 3.8) is 0 Å². The van der Waals surface area contributed by atoms with Crippen molar-refractivity contribution < 1.29 is 14.6 Å². The van der Waals surface area contributed by atoms with Gasteiger partial charge in [0.1, 0.15) is 0 Å². The highest BCUT2D eigenvalue weighted by atomic mass is 35.5. The van der Waals surface area contributed by atoms with Crippen LogP contribution in [-0.2, 0) is 4.74 Å². The molecule has 0 spiro atoms. The van der Waals surface area contributed by atoms with Crippen molar-refractivity contribution in [1.82, 2.24) is 0 Å². The summed E-state index contributed by atoms with van der Waals surface area (Å²) in [5.41, 5.74) is 0.286. The van der Waals surface area contributed by atoms with E-state index in [1.807, 2.05) is 0 Å². The number of carboxylic acid groups (broad SMARTS) is 1. The summed E-state index contributed by atoms with van der Waals surface area (Å²) in [6.07, 6.45) is 1.93. The summed E-state index contributed by atoms with van der Waals surface area (Å²) in [6, 6.07) is 5.02. The zero-order valence-corrected chi connectivity index (χ0v) is 10.8. The number of ether oxygens (including phenoxy) is 1. The number of carboxylic acids is 1. The van der Waals surface area contributed by atoms with Gasteiger partial charge >= 0.3 is 5.97 Å². The van der Waals surface area contributed by atoms with Crippen LogP contribution in [0.5, 0.6) is 0 Å². The van der Waals surface area contributed by atoms with Crippen molar-refractivity contribution in [2.75, 3.05) is 13.2 Å². The number of aromatic carboxylic acids is 1. The quantitative estimate of drug-likeness (QED) is 0.917. The zero-order valence-electron chi connectivity index (χ0n) is 9.19. The summed E-state index contributed by atoms with van der Waals surface area (Å²) in [5, 5.41) is 10.0. The number of hydrogen-bond donors (Lipinski definition) is 1. The summed E-state index contributed by atoms with van der Waals surface area (Å²) < 4.78 is 5.28. The lowest BCUT2D eigenvalue weighted by Crippen LogP contribution is -2.17. The molecule has 5 heteroatoms. The second kappa shape index (κ2) is 5.76. The van der Waals surface area contributed by atoms with Crippen LogP contribution in [0.25, 0.3) is 0 Å². The van der Waals surface area contributed by atoms with Crippen LogP contribution in [0.4, 0.5) is 0 Å². The predicted octanol–water partition coefficient (Wildman–Crippen LogP) is 3.31. The summed E-state index contributed by atoms with van der Waals surface area (Å²) in [6.45, 7) is 1.52. The average Bonchev–Trinajstić information content (AvgIpc) is 2.32. The molecule has 0 aliphatic carbocycles. The molecule has 1 aromatic rings. The van der Waals surface area contributed by atoms with Gasteiger partial charge in [-0.05, 0) is 31.0 Å². The van der Waals surface area contributed by atoms with Gasteiger partial charge in [-0.2, -0.15) is 0 Å². The molecule has 1 aliphatic rings. The molecule has 1 heterocycles. The number of rotatable bonds is 3. The molecule has 1 N–H and O–H groups in total. The Morgan fingerprint density at radius 2 is 2.12 bits per heavy atom. The van der Waals surface area contributed by atoms with Crippen LogP contribution >= 0.6 is 23.4 Å². The Morgan fingerprint density at radius 3 is 2.76 bits per heavy atom. The Kier molecular flexibility index (Phi) is 4.31. The van der Waals surface area contributed by atoms with Gasteiger partial charge in [0.25, 0.3) is 0 Å². The number of hydrogen-bond acceptors (Lipinski definition) is 3. The molecule has 1 aliphatic heterocycles. The third kappa shape index (κ3) is 3.37. The van der Waals surface area contributed by atoms with E-state index in [1.165, 1.54) is 6.07 Å². The van der Waals surface area contributed by atoms with Gasteiger partial charge in [-0.25, -0.2) is 4.79 Å². The maximum Gasteiger partial charge on any atom is 0.336 e. The topological polar surface area (TPSA) is 46.5 Å². The molecular weight excluding hydrogens is 260 g/mol. The van der Waals surface area contributed by atoms with Crippen LogP contribution in [0.3, 0.4) is 0 Å². The molecule has 17 heavy (non-hydrogen) atoms. The van der Waals surface area contributed by atoms with Crippen molar-refractivity contribution in [2.24, 2.45) is 0 Å². The molecule has 2 rings (SSSR count). The Bertz CT molecular complexity index is 416. The van der Waals surface area contributed by atoms with Gasteiger partial charge in [-0.1, -0.05) is 11.6 Å². The normalized spacial score (nSPS) is 17.0. The Labute approximate surface area is 109 Å². The van der Waals surface area contributed by atoms with Gasteiger partial charge < -0.3 is 9.84 Å². The molecule has 0 aromatic heterocycles. The largest absolute Gasteiger partial charge is 0.478 e. The highest BCUT2D eigenvalue weighted by Gasteiger charge is 2.18. The SMILES string of the molecule is O=C(O)c1cc(Cl)ccc1SC1CCOCC1. The molecule has 0 amide bonds. The van der Waals surface area contributed by atoms with Crippen LogP contribution in [0, 0.1) is 0 Å². The van der Waals surface area contributed by atoms with E-state index < -0.39 is 5.97 Å². The van der Waals surface area contributed by atoms with E-state index in [0.717, 1.165) is 31.0 Å². The summed E-state index contributed by atoms with van der Waals surface area (Å²) in [5.74, 6) is -0.929. The first-order valence-corrected chi connectivity index (χ1v) is 6.70. The lowest BCUT2D eigenvalue weighted by Gasteiger charge is -2.22. The monoisotopic (exact) mass is 272 g/mol. The maximum absolute atomic E-state index is 11.1. The van der Waals surface area contributed by atoms with E-state index in [9.17, 15) is 4.79 Å². The molecule has 0 bridgehead atoms.